The molecule has 0 bridgehead atoms. The van der Waals surface area contributed by atoms with Crippen LogP contribution in [-0.4, -0.2) is 34.6 Å². The molecule has 5 aromatic rings. The van der Waals surface area contributed by atoms with Gasteiger partial charge in [-0.1, -0.05) is 89.8 Å². The number of imide groups is 1. The predicted octanol–water partition coefficient (Wildman–Crippen LogP) is 5.51. The number of carbonyl (C=O) groups is 3. The van der Waals surface area contributed by atoms with Crippen LogP contribution in [-0.2, 0) is 20.9 Å². The molecule has 0 aliphatic carbocycles. The summed E-state index contributed by atoms with van der Waals surface area (Å²) in [5, 5.41) is 4.63. The van der Waals surface area contributed by atoms with E-state index in [-0.39, 0.29) is 29.1 Å². The largest absolute Gasteiger partial charge is 0.497 e. The van der Waals surface area contributed by atoms with Gasteiger partial charge in [-0.15, -0.1) is 0 Å². The zero-order valence-corrected chi connectivity index (χ0v) is 24.6. The number of benzene rings is 4. The summed E-state index contributed by atoms with van der Waals surface area (Å²) in [6.45, 7) is -0.224. The van der Waals surface area contributed by atoms with Gasteiger partial charge in [-0.05, 0) is 41.3 Å². The van der Waals surface area contributed by atoms with Crippen LogP contribution in [0.2, 0.25) is 0 Å². The number of para-hydroxylation sites is 1. The van der Waals surface area contributed by atoms with Crippen LogP contribution >= 0.6 is 23.1 Å². The van der Waals surface area contributed by atoms with Crippen molar-refractivity contribution in [2.24, 2.45) is 5.92 Å². The highest BCUT2D eigenvalue weighted by Crippen LogP contribution is 2.54. The van der Waals surface area contributed by atoms with E-state index in [4.69, 9.17) is 4.74 Å². The maximum atomic E-state index is 14.0. The maximum absolute atomic E-state index is 14.0. The number of methoxy groups -OCH3 is 1. The summed E-state index contributed by atoms with van der Waals surface area (Å²) < 4.78 is 6.77. The summed E-state index contributed by atoms with van der Waals surface area (Å²) in [7, 11) is 1.58. The molecule has 2 unspecified atom stereocenters. The average Bonchev–Trinajstić information content (AvgIpc) is 3.47. The summed E-state index contributed by atoms with van der Waals surface area (Å²) in [4.78, 5) is 56.2. The molecule has 2 aliphatic heterocycles. The number of ether oxygens (including phenoxy) is 1. The minimum atomic E-state index is -0.756. The molecule has 2 aliphatic rings. The van der Waals surface area contributed by atoms with E-state index >= 15 is 0 Å². The Morgan fingerprint density at radius 2 is 1.58 bits per heavy atom. The summed E-state index contributed by atoms with van der Waals surface area (Å²) in [5.74, 6) is -1.60. The number of hydrogen-bond donors (Lipinski definition) is 1. The highest BCUT2D eigenvalue weighted by atomic mass is 32.2. The topological polar surface area (TPSA) is 97.7 Å². The molecule has 1 saturated heterocycles. The Bertz CT molecular complexity index is 1950. The zero-order valence-electron chi connectivity index (χ0n) is 22.9. The Balaban J connectivity index is 1.28. The Morgan fingerprint density at radius 1 is 0.860 bits per heavy atom. The molecule has 0 spiro atoms. The monoisotopic (exact) mass is 607 g/mol. The molecule has 10 heteroatoms. The number of nitrogens with one attached hydrogen (secondary N) is 1. The van der Waals surface area contributed by atoms with E-state index in [9.17, 15) is 19.2 Å². The molecule has 7 rings (SSSR count). The smallest absolute Gasteiger partial charge is 0.308 e. The Morgan fingerprint density at radius 3 is 2.35 bits per heavy atom. The van der Waals surface area contributed by atoms with Crippen LogP contribution in [0.4, 0.5) is 11.4 Å². The van der Waals surface area contributed by atoms with E-state index in [1.54, 1.807) is 43.5 Å². The van der Waals surface area contributed by atoms with Gasteiger partial charge in [0.15, 0.2) is 0 Å². The highest BCUT2D eigenvalue weighted by molar-refractivity contribution is 8.00. The van der Waals surface area contributed by atoms with Crippen LogP contribution in [0.15, 0.2) is 107 Å². The van der Waals surface area contributed by atoms with Crippen molar-refractivity contribution in [1.82, 2.24) is 4.57 Å². The molecular formula is C33H25N3O5S2. The Hall–Kier alpha value is -4.67. The molecule has 214 valence electrons. The van der Waals surface area contributed by atoms with Gasteiger partial charge in [0.1, 0.15) is 17.5 Å². The fourth-order valence-corrected chi connectivity index (χ4v) is 8.70. The van der Waals surface area contributed by atoms with Gasteiger partial charge >= 0.3 is 4.87 Å². The van der Waals surface area contributed by atoms with E-state index in [1.165, 1.54) is 21.2 Å². The molecule has 1 fully saturated rings. The number of carbonyl (C=O) groups excluding carboxylic acids is 3. The third-order valence-electron chi connectivity index (χ3n) is 7.90. The first-order valence-electron chi connectivity index (χ1n) is 13.7. The lowest BCUT2D eigenvalue weighted by Gasteiger charge is -2.30. The van der Waals surface area contributed by atoms with Gasteiger partial charge in [0, 0.05) is 21.9 Å². The first kappa shape index (κ1) is 27.2. The second-order valence-electron chi connectivity index (χ2n) is 10.4. The first-order chi connectivity index (χ1) is 20.9. The van der Waals surface area contributed by atoms with Crippen molar-refractivity contribution in [3.05, 3.63) is 117 Å². The van der Waals surface area contributed by atoms with Crippen molar-refractivity contribution in [2.75, 3.05) is 17.3 Å². The molecule has 0 saturated carbocycles. The number of rotatable bonds is 6. The van der Waals surface area contributed by atoms with E-state index in [0.29, 0.717) is 27.0 Å². The standard InChI is InChI=1S/C33H25N3O5S2/c1-41-22-16-14-20(15-17-22)26-27-28(31(39)36(30(27)38)21-10-3-2-4-11-21)42-32-29(26)43-33(40)35(32)18-25(37)34-24-13-7-9-19-8-5-6-12-23(19)24/h2-17,26-28H,18H2,1H3,(H,34,37)/t26-,27?,28?/m1/s1. The molecule has 1 aromatic heterocycles. The summed E-state index contributed by atoms with van der Waals surface area (Å²) in [6, 6.07) is 29.6. The fourth-order valence-electron chi connectivity index (χ4n) is 5.93. The van der Waals surface area contributed by atoms with Gasteiger partial charge in [-0.2, -0.15) is 0 Å². The molecule has 8 nitrogen and oxygen atoms in total. The van der Waals surface area contributed by atoms with Crippen LogP contribution in [0.3, 0.4) is 0 Å². The second kappa shape index (κ2) is 10.9. The maximum Gasteiger partial charge on any atom is 0.308 e. The number of thiazole rings is 1. The van der Waals surface area contributed by atoms with E-state index < -0.39 is 17.1 Å². The van der Waals surface area contributed by atoms with Crippen molar-refractivity contribution < 1.29 is 19.1 Å². The summed E-state index contributed by atoms with van der Waals surface area (Å²) in [6.07, 6.45) is 0. The van der Waals surface area contributed by atoms with Gasteiger partial charge in [0.05, 0.1) is 23.7 Å². The van der Waals surface area contributed by atoms with E-state index in [1.807, 2.05) is 60.7 Å². The number of anilines is 2. The van der Waals surface area contributed by atoms with Crippen molar-refractivity contribution in [3.63, 3.8) is 0 Å². The fraction of sp³-hybridized carbons (Fsp3) is 0.152. The van der Waals surface area contributed by atoms with Gasteiger partial charge in [-0.3, -0.25) is 23.7 Å². The molecular weight excluding hydrogens is 583 g/mol. The third kappa shape index (κ3) is 4.63. The number of amides is 3. The Labute approximate surface area is 254 Å². The lowest BCUT2D eigenvalue weighted by Crippen LogP contribution is -2.33. The van der Waals surface area contributed by atoms with Gasteiger partial charge in [0.25, 0.3) is 0 Å². The summed E-state index contributed by atoms with van der Waals surface area (Å²) in [5.41, 5.74) is 1.96. The van der Waals surface area contributed by atoms with Crippen LogP contribution in [0.1, 0.15) is 16.4 Å². The van der Waals surface area contributed by atoms with Crippen LogP contribution in [0.5, 0.6) is 5.75 Å². The molecule has 0 radical (unpaired) electrons. The first-order valence-corrected chi connectivity index (χ1v) is 15.4. The number of fused-ring (bicyclic) bond motifs is 3. The zero-order chi connectivity index (χ0) is 29.7. The number of thioether (sulfide) groups is 1. The van der Waals surface area contributed by atoms with Crippen molar-refractivity contribution >= 4 is 63.0 Å². The minimum absolute atomic E-state index is 0.224. The summed E-state index contributed by atoms with van der Waals surface area (Å²) >= 11 is 2.22. The average molecular weight is 608 g/mol. The lowest BCUT2D eigenvalue weighted by molar-refractivity contribution is -0.122. The number of hydrogen-bond acceptors (Lipinski definition) is 7. The lowest BCUT2D eigenvalue weighted by atomic mass is 9.83. The predicted molar refractivity (Wildman–Crippen MR) is 168 cm³/mol. The highest BCUT2D eigenvalue weighted by Gasteiger charge is 2.56. The van der Waals surface area contributed by atoms with Gasteiger partial charge in [-0.25, -0.2) is 4.90 Å². The van der Waals surface area contributed by atoms with E-state index in [0.717, 1.165) is 27.7 Å². The van der Waals surface area contributed by atoms with Crippen molar-refractivity contribution in [1.29, 1.82) is 0 Å². The molecule has 3 amide bonds. The van der Waals surface area contributed by atoms with E-state index in [2.05, 4.69) is 5.32 Å². The van der Waals surface area contributed by atoms with Crippen molar-refractivity contribution in [3.8, 4) is 5.75 Å². The van der Waals surface area contributed by atoms with Crippen LogP contribution in [0, 0.1) is 5.92 Å². The molecule has 4 aromatic carbocycles. The SMILES string of the molecule is COc1ccc([C@H]2c3sc(=O)n(CC(=O)Nc4cccc5ccccc45)c3SC3C(=O)N(c4ccccc4)C(=O)C32)cc1. The molecule has 3 atom stereocenters. The third-order valence-corrected chi connectivity index (χ3v) is 10.5. The van der Waals surface area contributed by atoms with Crippen LogP contribution in [0.25, 0.3) is 10.8 Å². The van der Waals surface area contributed by atoms with Gasteiger partial charge < -0.3 is 10.1 Å². The Kier molecular flexibility index (Phi) is 6.87. The quantitative estimate of drug-likeness (QED) is 0.256. The number of aromatic nitrogens is 1. The molecule has 3 heterocycles. The van der Waals surface area contributed by atoms with Crippen LogP contribution < -0.4 is 19.8 Å². The molecule has 1 N–H and O–H groups in total. The second-order valence-corrected chi connectivity index (χ2v) is 12.5. The van der Waals surface area contributed by atoms with Crippen molar-refractivity contribution in [2.45, 2.75) is 22.7 Å². The van der Waals surface area contributed by atoms with Gasteiger partial charge in [0.2, 0.25) is 17.7 Å². The number of nitrogens with zero attached hydrogens (tertiary/aromatic N) is 2. The molecule has 43 heavy (non-hydrogen) atoms. The normalized spacial score (nSPS) is 19.3. The minimum Gasteiger partial charge on any atom is -0.497 e.